The number of nitrogens with zero attached hydrogens (tertiary/aromatic N) is 1. The Bertz CT molecular complexity index is 637. The van der Waals surface area contributed by atoms with Crippen LogP contribution < -0.4 is 0 Å². The SMILES string of the molecule is O=S(=O)(c1ccc(CCl)cc1Br)N1CCOC2CCCC21. The fraction of sp³-hybridized carbons (Fsp3) is 0.571. The third-order valence-corrected chi connectivity index (χ3v) is 7.38. The first-order valence-electron chi connectivity index (χ1n) is 7.02. The van der Waals surface area contributed by atoms with Crippen LogP contribution in [0.5, 0.6) is 0 Å². The van der Waals surface area contributed by atoms with E-state index in [-0.39, 0.29) is 12.1 Å². The molecule has 1 aliphatic carbocycles. The molecule has 1 saturated heterocycles. The first-order valence-corrected chi connectivity index (χ1v) is 9.78. The summed E-state index contributed by atoms with van der Waals surface area (Å²) in [5.41, 5.74) is 0.892. The van der Waals surface area contributed by atoms with Crippen LogP contribution in [0.4, 0.5) is 0 Å². The smallest absolute Gasteiger partial charge is 0.244 e. The summed E-state index contributed by atoms with van der Waals surface area (Å²) in [4.78, 5) is 0.309. The van der Waals surface area contributed by atoms with Gasteiger partial charge in [0.05, 0.1) is 23.6 Å². The summed E-state index contributed by atoms with van der Waals surface area (Å²) in [7, 11) is -3.51. The number of benzene rings is 1. The number of halogens is 2. The second kappa shape index (κ2) is 6.16. The standard InChI is InChI=1S/C14H17BrClNO3S/c15-11-8-10(9-16)4-5-14(11)21(18,19)17-6-7-20-13-3-1-2-12(13)17/h4-5,8,12-13H,1-3,6-7,9H2. The van der Waals surface area contributed by atoms with Crippen molar-refractivity contribution in [3.63, 3.8) is 0 Å². The van der Waals surface area contributed by atoms with E-state index in [9.17, 15) is 8.42 Å². The van der Waals surface area contributed by atoms with Crippen LogP contribution in [0.2, 0.25) is 0 Å². The van der Waals surface area contributed by atoms with Gasteiger partial charge < -0.3 is 4.74 Å². The maximum atomic E-state index is 13.0. The maximum Gasteiger partial charge on any atom is 0.244 e. The van der Waals surface area contributed by atoms with E-state index in [1.807, 2.05) is 0 Å². The zero-order valence-corrected chi connectivity index (χ0v) is 14.6. The van der Waals surface area contributed by atoms with Gasteiger partial charge in [0.2, 0.25) is 10.0 Å². The van der Waals surface area contributed by atoms with Gasteiger partial charge in [-0.25, -0.2) is 8.42 Å². The van der Waals surface area contributed by atoms with Crippen molar-refractivity contribution in [2.45, 2.75) is 42.2 Å². The first-order chi connectivity index (χ1) is 10.0. The highest BCUT2D eigenvalue weighted by Gasteiger charge is 2.42. The van der Waals surface area contributed by atoms with Gasteiger partial charge in [0.15, 0.2) is 0 Å². The third kappa shape index (κ3) is 2.88. The largest absolute Gasteiger partial charge is 0.375 e. The van der Waals surface area contributed by atoms with E-state index in [2.05, 4.69) is 15.9 Å². The Morgan fingerprint density at radius 1 is 1.38 bits per heavy atom. The highest BCUT2D eigenvalue weighted by molar-refractivity contribution is 9.10. The van der Waals surface area contributed by atoms with E-state index in [0.717, 1.165) is 24.8 Å². The fourth-order valence-electron chi connectivity index (χ4n) is 3.15. The number of morpholine rings is 1. The predicted octanol–water partition coefficient (Wildman–Crippen LogP) is 3.13. The fourth-order valence-corrected chi connectivity index (χ4v) is 6.07. The molecular formula is C14H17BrClNO3S. The van der Waals surface area contributed by atoms with Crippen molar-refractivity contribution in [1.82, 2.24) is 4.31 Å². The van der Waals surface area contributed by atoms with Crippen molar-refractivity contribution in [3.8, 4) is 0 Å². The molecule has 0 N–H and O–H groups in total. The van der Waals surface area contributed by atoms with Crippen LogP contribution in [0.15, 0.2) is 27.6 Å². The van der Waals surface area contributed by atoms with Crippen molar-refractivity contribution < 1.29 is 13.2 Å². The maximum absolute atomic E-state index is 13.0. The Morgan fingerprint density at radius 3 is 2.90 bits per heavy atom. The van der Waals surface area contributed by atoms with Gasteiger partial charge in [-0.3, -0.25) is 0 Å². The summed E-state index contributed by atoms with van der Waals surface area (Å²) < 4.78 is 33.8. The molecule has 2 unspecified atom stereocenters. The highest BCUT2D eigenvalue weighted by atomic mass is 79.9. The van der Waals surface area contributed by atoms with Crippen LogP contribution in [0.3, 0.4) is 0 Å². The monoisotopic (exact) mass is 393 g/mol. The molecule has 0 bridgehead atoms. The molecule has 0 radical (unpaired) electrons. The second-order valence-electron chi connectivity index (χ2n) is 5.42. The summed E-state index contributed by atoms with van der Waals surface area (Å²) in [5.74, 6) is 0.362. The lowest BCUT2D eigenvalue weighted by molar-refractivity contribution is -0.0241. The lowest BCUT2D eigenvalue weighted by Gasteiger charge is -2.36. The van der Waals surface area contributed by atoms with Crippen molar-refractivity contribution in [2.24, 2.45) is 0 Å². The molecule has 1 aliphatic heterocycles. The Morgan fingerprint density at radius 2 is 2.19 bits per heavy atom. The predicted molar refractivity (Wildman–Crippen MR) is 85.0 cm³/mol. The Labute approximate surface area is 138 Å². The summed E-state index contributed by atoms with van der Waals surface area (Å²) in [6.45, 7) is 0.894. The molecular weight excluding hydrogens is 378 g/mol. The van der Waals surface area contributed by atoms with Crippen LogP contribution in [-0.2, 0) is 20.6 Å². The number of alkyl halides is 1. The Kier molecular flexibility index (Phi) is 4.62. The molecule has 2 fully saturated rings. The average molecular weight is 395 g/mol. The number of ether oxygens (including phenoxy) is 1. The van der Waals surface area contributed by atoms with Gasteiger partial charge in [0, 0.05) is 16.9 Å². The summed E-state index contributed by atoms with van der Waals surface area (Å²) >= 11 is 9.16. The third-order valence-electron chi connectivity index (χ3n) is 4.17. The van der Waals surface area contributed by atoms with Crippen molar-refractivity contribution in [2.75, 3.05) is 13.2 Å². The van der Waals surface area contributed by atoms with Crippen LogP contribution >= 0.6 is 27.5 Å². The van der Waals surface area contributed by atoms with Gasteiger partial charge in [-0.05, 0) is 52.9 Å². The van der Waals surface area contributed by atoms with E-state index in [4.69, 9.17) is 16.3 Å². The van der Waals surface area contributed by atoms with Crippen molar-refractivity contribution >= 4 is 37.6 Å². The van der Waals surface area contributed by atoms with Crippen LogP contribution in [-0.4, -0.2) is 38.0 Å². The van der Waals surface area contributed by atoms with Gasteiger partial charge in [-0.15, -0.1) is 11.6 Å². The zero-order valence-electron chi connectivity index (χ0n) is 11.5. The summed E-state index contributed by atoms with van der Waals surface area (Å²) in [6, 6.07) is 5.14. The van der Waals surface area contributed by atoms with Crippen LogP contribution in [0.1, 0.15) is 24.8 Å². The molecule has 0 aromatic heterocycles. The van der Waals surface area contributed by atoms with E-state index in [1.54, 1.807) is 22.5 Å². The van der Waals surface area contributed by atoms with E-state index < -0.39 is 10.0 Å². The highest BCUT2D eigenvalue weighted by Crippen LogP contribution is 2.35. The molecule has 4 nitrogen and oxygen atoms in total. The molecule has 1 saturated carbocycles. The van der Waals surface area contributed by atoms with Crippen molar-refractivity contribution in [1.29, 1.82) is 0 Å². The number of hydrogen-bond donors (Lipinski definition) is 0. The molecule has 21 heavy (non-hydrogen) atoms. The van der Waals surface area contributed by atoms with Crippen LogP contribution in [0.25, 0.3) is 0 Å². The minimum atomic E-state index is -3.51. The molecule has 0 amide bonds. The van der Waals surface area contributed by atoms with Gasteiger partial charge in [-0.2, -0.15) is 4.31 Å². The first kappa shape index (κ1) is 15.7. The number of sulfonamides is 1. The molecule has 3 rings (SSSR count). The normalized spacial score (nSPS) is 26.8. The minimum Gasteiger partial charge on any atom is -0.375 e. The van der Waals surface area contributed by atoms with E-state index in [1.165, 1.54) is 0 Å². The van der Waals surface area contributed by atoms with Gasteiger partial charge in [0.1, 0.15) is 0 Å². The van der Waals surface area contributed by atoms with Gasteiger partial charge in [0.25, 0.3) is 0 Å². The topological polar surface area (TPSA) is 46.6 Å². The molecule has 1 aromatic carbocycles. The number of hydrogen-bond acceptors (Lipinski definition) is 3. The van der Waals surface area contributed by atoms with E-state index >= 15 is 0 Å². The van der Waals surface area contributed by atoms with Gasteiger partial charge in [-0.1, -0.05) is 6.07 Å². The zero-order chi connectivity index (χ0) is 15.0. The molecule has 2 atom stereocenters. The Balaban J connectivity index is 1.96. The lowest BCUT2D eigenvalue weighted by atomic mass is 10.2. The summed E-state index contributed by atoms with van der Waals surface area (Å²) in [6.07, 6.45) is 2.90. The lowest BCUT2D eigenvalue weighted by Crippen LogP contribution is -2.51. The van der Waals surface area contributed by atoms with Crippen LogP contribution in [0, 0.1) is 0 Å². The molecule has 0 spiro atoms. The molecule has 2 aliphatic rings. The van der Waals surface area contributed by atoms with E-state index in [0.29, 0.717) is 28.4 Å². The molecule has 1 heterocycles. The second-order valence-corrected chi connectivity index (χ2v) is 8.40. The number of fused-ring (bicyclic) bond motifs is 1. The minimum absolute atomic E-state index is 0.0247. The molecule has 7 heteroatoms. The quantitative estimate of drug-likeness (QED) is 0.740. The molecule has 116 valence electrons. The average Bonchev–Trinajstić information content (AvgIpc) is 2.94. The Hall–Kier alpha value is -0.140. The van der Waals surface area contributed by atoms with Gasteiger partial charge >= 0.3 is 0 Å². The van der Waals surface area contributed by atoms with Crippen molar-refractivity contribution in [3.05, 3.63) is 28.2 Å². The summed E-state index contributed by atoms with van der Waals surface area (Å²) in [5, 5.41) is 0. The molecule has 1 aromatic rings. The number of rotatable bonds is 3.